The van der Waals surface area contributed by atoms with E-state index in [0.717, 1.165) is 0 Å². The highest BCUT2D eigenvalue weighted by Gasteiger charge is 2.17. The highest BCUT2D eigenvalue weighted by molar-refractivity contribution is 5.71. The number of alkyl halides is 2. The van der Waals surface area contributed by atoms with Gasteiger partial charge in [-0.05, 0) is 0 Å². The third kappa shape index (κ3) is 3.37. The molecule has 60 valence electrons. The Balaban J connectivity index is 3.61. The van der Waals surface area contributed by atoms with Crippen molar-refractivity contribution in [2.24, 2.45) is 5.92 Å². The number of carbonyl (C=O) groups excluding carboxylic acids is 1. The lowest BCUT2D eigenvalue weighted by molar-refractivity contribution is -0.146. The van der Waals surface area contributed by atoms with Gasteiger partial charge in [0.2, 0.25) is 6.43 Å². The summed E-state index contributed by atoms with van der Waals surface area (Å²) < 4.78 is 27.4. The molecule has 0 aliphatic heterocycles. The lowest BCUT2D eigenvalue weighted by Gasteiger charge is -2.06. The maximum atomic E-state index is 11.6. The minimum atomic E-state index is -2.44. The van der Waals surface area contributed by atoms with Crippen LogP contribution in [0.2, 0.25) is 0 Å². The Morgan fingerprint density at radius 3 is 2.40 bits per heavy atom. The lowest BCUT2D eigenvalue weighted by Crippen LogP contribution is -2.15. The zero-order valence-corrected chi connectivity index (χ0v) is 5.93. The largest absolute Gasteiger partial charge is 0.469 e. The minimum Gasteiger partial charge on any atom is -0.469 e. The van der Waals surface area contributed by atoms with Crippen LogP contribution < -0.4 is 0 Å². The van der Waals surface area contributed by atoms with Crippen LogP contribution in [0, 0.1) is 5.92 Å². The summed E-state index contributed by atoms with van der Waals surface area (Å²) >= 11 is 0. The van der Waals surface area contributed by atoms with Crippen LogP contribution >= 0.6 is 0 Å². The van der Waals surface area contributed by atoms with Gasteiger partial charge in [-0.2, -0.15) is 0 Å². The summed E-state index contributed by atoms with van der Waals surface area (Å²) in [6, 6.07) is 0. The molecule has 0 aliphatic carbocycles. The molecule has 0 rings (SSSR count). The number of hydrogen-bond donors (Lipinski definition) is 0. The first-order valence-electron chi connectivity index (χ1n) is 2.94. The van der Waals surface area contributed by atoms with Crippen molar-refractivity contribution < 1.29 is 18.3 Å². The molecule has 0 aromatic carbocycles. The predicted molar refractivity (Wildman–Crippen MR) is 31.8 cm³/mol. The van der Waals surface area contributed by atoms with E-state index in [4.69, 9.17) is 0 Å². The summed E-state index contributed by atoms with van der Waals surface area (Å²) in [5.74, 6) is -1.29. The molecule has 0 aromatic rings. The second kappa shape index (κ2) is 4.19. The first kappa shape index (κ1) is 9.33. The van der Waals surface area contributed by atoms with Crippen molar-refractivity contribution in [3.63, 3.8) is 0 Å². The smallest absolute Gasteiger partial charge is 0.308 e. The van der Waals surface area contributed by atoms with E-state index in [9.17, 15) is 13.6 Å². The van der Waals surface area contributed by atoms with Crippen LogP contribution in [0.5, 0.6) is 0 Å². The van der Waals surface area contributed by atoms with Gasteiger partial charge >= 0.3 is 5.97 Å². The van der Waals surface area contributed by atoms with Gasteiger partial charge in [0, 0.05) is 6.42 Å². The van der Waals surface area contributed by atoms with E-state index < -0.39 is 24.7 Å². The van der Waals surface area contributed by atoms with Gasteiger partial charge in [-0.15, -0.1) is 0 Å². The maximum Gasteiger partial charge on any atom is 0.308 e. The second-order valence-electron chi connectivity index (χ2n) is 2.05. The van der Waals surface area contributed by atoms with E-state index in [-0.39, 0.29) is 0 Å². The van der Waals surface area contributed by atoms with Crippen molar-refractivity contribution in [3.8, 4) is 0 Å². The maximum absolute atomic E-state index is 11.6. The number of carbonyl (C=O) groups is 1. The fourth-order valence-electron chi connectivity index (χ4n) is 0.565. The van der Waals surface area contributed by atoms with Crippen LogP contribution in [0.25, 0.3) is 0 Å². The van der Waals surface area contributed by atoms with Gasteiger partial charge in [-0.25, -0.2) is 8.78 Å². The van der Waals surface area contributed by atoms with Crippen LogP contribution in [-0.4, -0.2) is 19.5 Å². The zero-order chi connectivity index (χ0) is 8.15. The fourth-order valence-corrected chi connectivity index (χ4v) is 0.565. The van der Waals surface area contributed by atoms with E-state index in [1.807, 2.05) is 0 Å². The lowest BCUT2D eigenvalue weighted by atomic mass is 10.1. The monoisotopic (exact) mass is 152 g/mol. The number of hydrogen-bond acceptors (Lipinski definition) is 2. The minimum absolute atomic E-state index is 0.424. The van der Waals surface area contributed by atoms with Crippen molar-refractivity contribution in [1.82, 2.24) is 0 Å². The summed E-state index contributed by atoms with van der Waals surface area (Å²) in [7, 11) is 1.18. The van der Waals surface area contributed by atoms with Crippen LogP contribution in [0.1, 0.15) is 13.3 Å². The molecule has 0 aliphatic rings. The number of ether oxygens (including phenoxy) is 1. The van der Waals surface area contributed by atoms with E-state index in [1.54, 1.807) is 0 Å². The predicted octanol–water partition coefficient (Wildman–Crippen LogP) is 1.45. The van der Waals surface area contributed by atoms with Crippen LogP contribution in [-0.2, 0) is 9.53 Å². The average molecular weight is 152 g/mol. The molecule has 1 atom stereocenters. The molecule has 0 saturated carbocycles. The molecule has 0 amide bonds. The van der Waals surface area contributed by atoms with E-state index >= 15 is 0 Å². The number of halogens is 2. The number of methoxy groups -OCH3 is 1. The first-order valence-corrected chi connectivity index (χ1v) is 2.94. The van der Waals surface area contributed by atoms with Gasteiger partial charge < -0.3 is 4.74 Å². The van der Waals surface area contributed by atoms with Crippen molar-refractivity contribution in [3.05, 3.63) is 0 Å². The zero-order valence-electron chi connectivity index (χ0n) is 5.93. The Morgan fingerprint density at radius 1 is 1.60 bits per heavy atom. The molecule has 4 heteroatoms. The van der Waals surface area contributed by atoms with Gasteiger partial charge in [0.1, 0.15) is 0 Å². The summed E-state index contributed by atoms with van der Waals surface area (Å²) in [6.45, 7) is 1.41. The molecule has 0 heterocycles. The molecule has 2 nitrogen and oxygen atoms in total. The molecule has 0 aromatic heterocycles. The number of rotatable bonds is 3. The molecule has 0 fully saturated rings. The fraction of sp³-hybridized carbons (Fsp3) is 0.833. The molecule has 0 saturated heterocycles. The Labute approximate surface area is 58.2 Å². The normalized spacial score (nSPS) is 13.3. The van der Waals surface area contributed by atoms with Gasteiger partial charge in [0.05, 0.1) is 13.0 Å². The highest BCUT2D eigenvalue weighted by Crippen LogP contribution is 2.10. The molecule has 0 radical (unpaired) electrons. The first-order chi connectivity index (χ1) is 4.57. The van der Waals surface area contributed by atoms with Crippen LogP contribution in [0.3, 0.4) is 0 Å². The van der Waals surface area contributed by atoms with Crippen LogP contribution in [0.15, 0.2) is 0 Å². The molecule has 0 unspecified atom stereocenters. The van der Waals surface area contributed by atoms with Crippen molar-refractivity contribution in [1.29, 1.82) is 0 Å². The summed E-state index contributed by atoms with van der Waals surface area (Å²) in [5.41, 5.74) is 0. The topological polar surface area (TPSA) is 26.3 Å². The van der Waals surface area contributed by atoms with E-state index in [1.165, 1.54) is 14.0 Å². The van der Waals surface area contributed by atoms with Gasteiger partial charge in [0.25, 0.3) is 0 Å². The standard InChI is InChI=1S/C6H10F2O2/c1-4(3-5(7)8)6(9)10-2/h4-5H,3H2,1-2H3/t4-/m0/s1. The molecule has 0 bridgehead atoms. The van der Waals surface area contributed by atoms with E-state index in [2.05, 4.69) is 4.74 Å². The summed E-state index contributed by atoms with van der Waals surface area (Å²) in [4.78, 5) is 10.5. The third-order valence-corrected chi connectivity index (χ3v) is 1.14. The Bertz CT molecular complexity index is 114. The second-order valence-corrected chi connectivity index (χ2v) is 2.05. The number of esters is 1. The quantitative estimate of drug-likeness (QED) is 0.572. The third-order valence-electron chi connectivity index (χ3n) is 1.14. The Morgan fingerprint density at radius 2 is 2.10 bits per heavy atom. The van der Waals surface area contributed by atoms with Gasteiger partial charge in [-0.3, -0.25) is 4.79 Å². The highest BCUT2D eigenvalue weighted by atomic mass is 19.3. The molecular formula is C6H10F2O2. The van der Waals surface area contributed by atoms with Gasteiger partial charge in [0.15, 0.2) is 0 Å². The van der Waals surface area contributed by atoms with Crippen molar-refractivity contribution >= 4 is 5.97 Å². The van der Waals surface area contributed by atoms with Gasteiger partial charge in [-0.1, -0.05) is 6.92 Å². The molecule has 0 spiro atoms. The Hall–Kier alpha value is -0.670. The average Bonchev–Trinajstić information content (AvgIpc) is 1.85. The molecule has 10 heavy (non-hydrogen) atoms. The van der Waals surface area contributed by atoms with E-state index in [0.29, 0.717) is 0 Å². The van der Waals surface area contributed by atoms with Crippen molar-refractivity contribution in [2.75, 3.05) is 7.11 Å². The Kier molecular flexibility index (Phi) is 3.91. The summed E-state index contributed by atoms with van der Waals surface area (Å²) in [5, 5.41) is 0. The van der Waals surface area contributed by atoms with Crippen LogP contribution in [0.4, 0.5) is 8.78 Å². The van der Waals surface area contributed by atoms with Crippen molar-refractivity contribution in [2.45, 2.75) is 19.8 Å². The molecule has 0 N–H and O–H groups in total. The summed E-state index contributed by atoms with van der Waals surface area (Å²) in [6.07, 6.45) is -2.86. The molecular weight excluding hydrogens is 142 g/mol. The SMILES string of the molecule is COC(=O)[C@@H](C)CC(F)F.